The molecule has 61 heavy (non-hydrogen) atoms. The molecule has 0 aliphatic rings. The highest BCUT2D eigenvalue weighted by molar-refractivity contribution is 7.99. The van der Waals surface area contributed by atoms with E-state index in [4.69, 9.17) is 20.9 Å². The van der Waals surface area contributed by atoms with Crippen LogP contribution in [0.25, 0.3) is 0 Å². The normalized spacial score (nSPS) is 13.3. The number of esters is 2. The summed E-state index contributed by atoms with van der Waals surface area (Å²) in [6.07, 6.45) is 32.5. The zero-order valence-electron chi connectivity index (χ0n) is 38.6. The average Bonchev–Trinajstić information content (AvgIpc) is 3.24. The summed E-state index contributed by atoms with van der Waals surface area (Å²) in [5.41, 5.74) is 11.6. The van der Waals surface area contributed by atoms with Gasteiger partial charge in [0.25, 0.3) is 0 Å². The molecule has 0 saturated carbocycles. The predicted molar refractivity (Wildman–Crippen MR) is 248 cm³/mol. The second-order valence-corrected chi connectivity index (χ2v) is 17.9. The Balaban J connectivity index is 4.82. The van der Waals surface area contributed by atoms with Gasteiger partial charge in [-0.1, -0.05) is 168 Å². The monoisotopic (exact) mass is 887 g/mol. The van der Waals surface area contributed by atoms with Crippen LogP contribution in [0.1, 0.15) is 213 Å². The molecule has 0 aromatic rings. The third kappa shape index (κ3) is 36.7. The molecule has 0 heterocycles. The van der Waals surface area contributed by atoms with Gasteiger partial charge in [-0.15, -0.1) is 0 Å². The number of aliphatic hydroxyl groups is 1. The van der Waals surface area contributed by atoms with E-state index in [1.54, 1.807) is 0 Å². The second kappa shape index (κ2) is 42.9. The molecule has 8 N–H and O–H groups in total. The molecular weight excluding hydrogens is 797 g/mol. The molecule has 4 atom stereocenters. The van der Waals surface area contributed by atoms with Crippen molar-refractivity contribution in [2.75, 3.05) is 31.3 Å². The van der Waals surface area contributed by atoms with E-state index in [9.17, 15) is 34.2 Å². The zero-order chi connectivity index (χ0) is 45.2. The molecule has 0 radical (unpaired) electrons. The van der Waals surface area contributed by atoms with Gasteiger partial charge in [0, 0.05) is 24.3 Å². The molecule has 0 fully saturated rings. The highest BCUT2D eigenvalue weighted by Crippen LogP contribution is 2.16. The smallest absolute Gasteiger partial charge is 0.326 e. The number of carbonyl (C=O) groups is 5. The number of hydrogen-bond acceptors (Lipinski definition) is 11. The molecule has 1 unspecified atom stereocenters. The Morgan fingerprint density at radius 2 is 0.984 bits per heavy atom. The number of carboxylic acid groups (broad SMARTS) is 1. The van der Waals surface area contributed by atoms with Crippen LogP contribution < -0.4 is 22.1 Å². The van der Waals surface area contributed by atoms with Crippen LogP contribution in [0, 0.1) is 0 Å². The maximum absolute atomic E-state index is 12.9. The molecule has 13 nitrogen and oxygen atoms in total. The minimum atomic E-state index is -1.40. The van der Waals surface area contributed by atoms with E-state index in [1.165, 1.54) is 134 Å². The Kier molecular flexibility index (Phi) is 41.2. The van der Waals surface area contributed by atoms with Gasteiger partial charge in [0.2, 0.25) is 11.8 Å². The molecule has 0 aliphatic carbocycles. The summed E-state index contributed by atoms with van der Waals surface area (Å²) in [4.78, 5) is 62.7. The molecule has 0 aliphatic heterocycles. The summed E-state index contributed by atoms with van der Waals surface area (Å²) in [6, 6.07) is -3.68. The van der Waals surface area contributed by atoms with Crippen molar-refractivity contribution < 1.29 is 43.7 Å². The number of ether oxygens (including phenoxy) is 2. The Labute approximate surface area is 374 Å². The Morgan fingerprint density at radius 3 is 1.41 bits per heavy atom. The lowest BCUT2D eigenvalue weighted by Crippen LogP contribution is -2.56. The molecule has 0 bridgehead atoms. The number of unbranched alkanes of at least 4 members (excludes halogenated alkanes) is 25. The van der Waals surface area contributed by atoms with Crippen molar-refractivity contribution in [2.45, 2.75) is 237 Å². The summed E-state index contributed by atoms with van der Waals surface area (Å²) in [7, 11) is 0. The topological polar surface area (TPSA) is 220 Å². The van der Waals surface area contributed by atoms with Crippen LogP contribution in [-0.2, 0) is 33.4 Å². The van der Waals surface area contributed by atoms with Gasteiger partial charge in [-0.2, -0.15) is 11.8 Å². The number of rotatable bonds is 45. The van der Waals surface area contributed by atoms with Crippen molar-refractivity contribution in [1.82, 2.24) is 10.6 Å². The molecule has 0 saturated heterocycles. The first kappa shape index (κ1) is 58.6. The lowest BCUT2D eigenvalue weighted by Gasteiger charge is -2.22. The summed E-state index contributed by atoms with van der Waals surface area (Å²) in [5, 5.41) is 24.0. The zero-order valence-corrected chi connectivity index (χ0v) is 39.4. The summed E-state index contributed by atoms with van der Waals surface area (Å²) in [5.74, 6) is -3.16. The first-order valence-corrected chi connectivity index (χ1v) is 25.6. The number of thioether (sulfide) groups is 1. The van der Waals surface area contributed by atoms with Crippen molar-refractivity contribution in [3.05, 3.63) is 0 Å². The van der Waals surface area contributed by atoms with E-state index < -0.39 is 48.6 Å². The Bertz CT molecular complexity index is 1100. The minimum absolute atomic E-state index is 0.0856. The average molecular weight is 887 g/mol. The van der Waals surface area contributed by atoms with Crippen LogP contribution in [0.15, 0.2) is 0 Å². The van der Waals surface area contributed by atoms with E-state index in [0.717, 1.165) is 44.9 Å². The van der Waals surface area contributed by atoms with Crippen LogP contribution >= 0.6 is 11.8 Å². The number of nitrogens with one attached hydrogen (secondary N) is 2. The molecule has 0 spiro atoms. The first-order chi connectivity index (χ1) is 29.6. The van der Waals surface area contributed by atoms with E-state index in [2.05, 4.69) is 24.5 Å². The van der Waals surface area contributed by atoms with Gasteiger partial charge >= 0.3 is 17.9 Å². The summed E-state index contributed by atoms with van der Waals surface area (Å²) >= 11 is 1.24. The van der Waals surface area contributed by atoms with Gasteiger partial charge in [-0.3, -0.25) is 19.2 Å². The number of aliphatic hydroxyl groups excluding tert-OH is 1. The van der Waals surface area contributed by atoms with Crippen molar-refractivity contribution in [1.29, 1.82) is 0 Å². The first-order valence-electron chi connectivity index (χ1n) is 24.4. The van der Waals surface area contributed by atoms with Crippen LogP contribution in [-0.4, -0.2) is 95.4 Å². The second-order valence-electron chi connectivity index (χ2n) is 16.9. The summed E-state index contributed by atoms with van der Waals surface area (Å²) < 4.78 is 11.3. The van der Waals surface area contributed by atoms with Crippen molar-refractivity contribution in [2.24, 2.45) is 11.5 Å². The van der Waals surface area contributed by atoms with Gasteiger partial charge in [0.05, 0.1) is 12.6 Å². The van der Waals surface area contributed by atoms with Gasteiger partial charge in [-0.05, 0) is 38.6 Å². The molecule has 0 aromatic carbocycles. The molecule has 2 amide bonds. The SMILES string of the molecule is CCCCCCCCCCCCCCCC(=O)OCC(CSC[C@H](N)C(=O)N[C@@H](CO)C(=O)N[C@@H](CCCCN)C(=O)O)OC(=O)CCCCCCCCCCCCCCC. The van der Waals surface area contributed by atoms with Crippen molar-refractivity contribution in [3.8, 4) is 0 Å². The molecular formula is C47H90N4O9S. The number of carboxylic acids is 1. The number of amides is 2. The lowest BCUT2D eigenvalue weighted by molar-refractivity contribution is -0.157. The van der Waals surface area contributed by atoms with Crippen molar-refractivity contribution in [3.63, 3.8) is 0 Å². The largest absolute Gasteiger partial charge is 0.480 e. The molecule has 0 rings (SSSR count). The van der Waals surface area contributed by atoms with Crippen LogP contribution in [0.3, 0.4) is 0 Å². The fraction of sp³-hybridized carbons (Fsp3) is 0.894. The highest BCUT2D eigenvalue weighted by Gasteiger charge is 2.28. The van der Waals surface area contributed by atoms with E-state index in [-0.39, 0.29) is 42.9 Å². The Morgan fingerprint density at radius 1 is 0.557 bits per heavy atom. The van der Waals surface area contributed by atoms with Crippen LogP contribution in [0.4, 0.5) is 0 Å². The molecule has 358 valence electrons. The molecule has 14 heteroatoms. The fourth-order valence-electron chi connectivity index (χ4n) is 7.09. The van der Waals surface area contributed by atoms with Gasteiger partial charge in [0.1, 0.15) is 24.8 Å². The van der Waals surface area contributed by atoms with Crippen LogP contribution in [0.2, 0.25) is 0 Å². The molecule has 0 aromatic heterocycles. The van der Waals surface area contributed by atoms with Gasteiger partial charge < -0.3 is 41.8 Å². The standard InChI is InChI=1S/C47H90N4O9S/c1-3-5-7-9-11-13-15-17-19-21-23-25-27-32-43(53)59-36-39(60-44(54)33-28-26-24-22-20-18-16-14-12-10-8-6-4-2)37-61-38-40(49)45(55)51-42(35-52)46(56)50-41(47(57)58)31-29-30-34-48/h39-42,52H,3-38,48-49H2,1-2H3,(H,50,56)(H,51,55)(H,57,58)/t39?,40-,41-,42-/m0/s1. The van der Waals surface area contributed by atoms with E-state index >= 15 is 0 Å². The third-order valence-corrected chi connectivity index (χ3v) is 12.2. The van der Waals surface area contributed by atoms with Gasteiger partial charge in [-0.25, -0.2) is 4.79 Å². The predicted octanol–water partition coefficient (Wildman–Crippen LogP) is 8.64. The fourth-order valence-corrected chi connectivity index (χ4v) is 8.06. The minimum Gasteiger partial charge on any atom is -0.480 e. The number of hydrogen-bond donors (Lipinski definition) is 6. The van der Waals surface area contributed by atoms with Crippen molar-refractivity contribution >= 4 is 41.5 Å². The highest BCUT2D eigenvalue weighted by atomic mass is 32.2. The Hall–Kier alpha value is -2.42. The van der Waals surface area contributed by atoms with Gasteiger partial charge in [0.15, 0.2) is 0 Å². The number of aliphatic carboxylic acids is 1. The maximum atomic E-state index is 12.9. The lowest BCUT2D eigenvalue weighted by atomic mass is 10.0. The van der Waals surface area contributed by atoms with Crippen LogP contribution in [0.5, 0.6) is 0 Å². The quantitative estimate of drug-likeness (QED) is 0.0250. The number of nitrogens with two attached hydrogens (primary N) is 2. The van der Waals surface area contributed by atoms with E-state index in [0.29, 0.717) is 25.8 Å². The van der Waals surface area contributed by atoms with E-state index in [1.807, 2.05) is 0 Å². The maximum Gasteiger partial charge on any atom is 0.326 e. The third-order valence-electron chi connectivity index (χ3n) is 11.0. The number of carbonyl (C=O) groups excluding carboxylic acids is 4. The summed E-state index contributed by atoms with van der Waals surface area (Å²) in [6.45, 7) is 4.02.